The molecule has 1 aromatic carbocycles. The molecule has 0 bridgehead atoms. The molecule has 0 spiro atoms. The molecule has 6 nitrogen and oxygen atoms in total. The zero-order valence-electron chi connectivity index (χ0n) is 13.9. The Balaban J connectivity index is 1.57. The van der Waals surface area contributed by atoms with E-state index in [0.29, 0.717) is 34.5 Å². The molecule has 2 heterocycles. The van der Waals surface area contributed by atoms with E-state index in [1.165, 1.54) is 11.3 Å². The summed E-state index contributed by atoms with van der Waals surface area (Å²) in [6.07, 6.45) is 1.57. The van der Waals surface area contributed by atoms with Crippen molar-refractivity contribution in [1.82, 2.24) is 10.3 Å². The summed E-state index contributed by atoms with van der Waals surface area (Å²) in [7, 11) is 1.60. The second-order valence-corrected chi connectivity index (χ2v) is 6.27. The van der Waals surface area contributed by atoms with Gasteiger partial charge in [0, 0.05) is 5.38 Å². The molecule has 0 unspecified atom stereocenters. The van der Waals surface area contributed by atoms with Crippen LogP contribution in [-0.2, 0) is 13.2 Å². The maximum absolute atomic E-state index is 12.1. The number of aryl methyl sites for hydroxylation is 1. The molecule has 0 aliphatic heterocycles. The van der Waals surface area contributed by atoms with Gasteiger partial charge in [-0.2, -0.15) is 0 Å². The number of furan rings is 1. The SMILES string of the molecule is COc1cc(C)ccc1OCc1nc(C(=O)NCc2ccco2)cs1. The van der Waals surface area contributed by atoms with E-state index in [2.05, 4.69) is 10.3 Å². The van der Waals surface area contributed by atoms with Gasteiger partial charge in [0.25, 0.3) is 5.91 Å². The standard InChI is InChI=1S/C18H18N2O4S/c1-12-5-6-15(16(8-12)22-2)24-10-17-20-14(11-25-17)18(21)19-9-13-4-3-7-23-13/h3-8,11H,9-10H2,1-2H3,(H,19,21). The molecular formula is C18H18N2O4S. The van der Waals surface area contributed by atoms with Crippen molar-refractivity contribution in [2.45, 2.75) is 20.1 Å². The molecule has 0 radical (unpaired) electrons. The Kier molecular flexibility index (Phi) is 5.35. The van der Waals surface area contributed by atoms with Crippen LogP contribution >= 0.6 is 11.3 Å². The first kappa shape index (κ1) is 17.0. The van der Waals surface area contributed by atoms with Gasteiger partial charge in [-0.1, -0.05) is 6.07 Å². The smallest absolute Gasteiger partial charge is 0.271 e. The molecule has 130 valence electrons. The van der Waals surface area contributed by atoms with Gasteiger partial charge in [-0.15, -0.1) is 11.3 Å². The van der Waals surface area contributed by atoms with Crippen LogP contribution in [0.2, 0.25) is 0 Å². The minimum absolute atomic E-state index is 0.244. The van der Waals surface area contributed by atoms with Crippen LogP contribution in [-0.4, -0.2) is 18.0 Å². The topological polar surface area (TPSA) is 73.6 Å². The van der Waals surface area contributed by atoms with Gasteiger partial charge >= 0.3 is 0 Å². The quantitative estimate of drug-likeness (QED) is 0.699. The summed E-state index contributed by atoms with van der Waals surface area (Å²) < 4.78 is 16.2. The van der Waals surface area contributed by atoms with Gasteiger partial charge in [-0.05, 0) is 36.8 Å². The molecule has 0 fully saturated rings. The van der Waals surface area contributed by atoms with Crippen LogP contribution in [0, 0.1) is 6.92 Å². The highest BCUT2D eigenvalue weighted by Gasteiger charge is 2.12. The van der Waals surface area contributed by atoms with Gasteiger partial charge in [0.15, 0.2) is 11.5 Å². The Hall–Kier alpha value is -2.80. The first-order valence-corrected chi connectivity index (χ1v) is 8.56. The molecule has 3 aromatic rings. The summed E-state index contributed by atoms with van der Waals surface area (Å²) in [6, 6.07) is 9.30. The average Bonchev–Trinajstić information content (AvgIpc) is 3.30. The van der Waals surface area contributed by atoms with Crippen LogP contribution in [0.5, 0.6) is 11.5 Å². The highest BCUT2D eigenvalue weighted by molar-refractivity contribution is 7.09. The van der Waals surface area contributed by atoms with Crippen molar-refractivity contribution in [1.29, 1.82) is 0 Å². The second-order valence-electron chi connectivity index (χ2n) is 5.33. The molecule has 1 amide bonds. The van der Waals surface area contributed by atoms with Crippen molar-refractivity contribution in [2.75, 3.05) is 7.11 Å². The Morgan fingerprint density at radius 3 is 2.96 bits per heavy atom. The molecule has 0 aliphatic rings. The number of nitrogens with one attached hydrogen (secondary N) is 1. The zero-order chi connectivity index (χ0) is 17.6. The van der Waals surface area contributed by atoms with Crippen molar-refractivity contribution < 1.29 is 18.7 Å². The molecular weight excluding hydrogens is 340 g/mol. The van der Waals surface area contributed by atoms with Crippen molar-refractivity contribution in [3.63, 3.8) is 0 Å². The number of rotatable bonds is 7. The van der Waals surface area contributed by atoms with E-state index in [-0.39, 0.29) is 12.5 Å². The summed E-state index contributed by atoms with van der Waals surface area (Å²) in [4.78, 5) is 16.4. The Labute approximate surface area is 149 Å². The fourth-order valence-corrected chi connectivity index (χ4v) is 2.87. The summed E-state index contributed by atoms with van der Waals surface area (Å²) >= 11 is 1.38. The first-order chi connectivity index (χ1) is 12.2. The second kappa shape index (κ2) is 7.85. The van der Waals surface area contributed by atoms with Crippen LogP contribution in [0.4, 0.5) is 0 Å². The number of benzene rings is 1. The highest BCUT2D eigenvalue weighted by atomic mass is 32.1. The van der Waals surface area contributed by atoms with E-state index in [1.54, 1.807) is 30.9 Å². The van der Waals surface area contributed by atoms with Crippen LogP contribution in [0.25, 0.3) is 0 Å². The first-order valence-electron chi connectivity index (χ1n) is 7.68. The van der Waals surface area contributed by atoms with Gasteiger partial charge in [0.1, 0.15) is 23.1 Å². The molecule has 0 aliphatic carbocycles. The molecule has 2 aromatic heterocycles. The van der Waals surface area contributed by atoms with E-state index >= 15 is 0 Å². The highest BCUT2D eigenvalue weighted by Crippen LogP contribution is 2.28. The minimum atomic E-state index is -0.244. The molecule has 7 heteroatoms. The normalized spacial score (nSPS) is 10.5. The van der Waals surface area contributed by atoms with E-state index in [1.807, 2.05) is 25.1 Å². The fraction of sp³-hybridized carbons (Fsp3) is 0.222. The number of amides is 1. The van der Waals surface area contributed by atoms with Crippen molar-refractivity contribution in [3.8, 4) is 11.5 Å². The lowest BCUT2D eigenvalue weighted by molar-refractivity contribution is 0.0943. The molecule has 0 saturated carbocycles. The van der Waals surface area contributed by atoms with Gasteiger partial charge < -0.3 is 19.2 Å². The predicted octanol–water partition coefficient (Wildman–Crippen LogP) is 3.56. The monoisotopic (exact) mass is 358 g/mol. The van der Waals surface area contributed by atoms with E-state index in [4.69, 9.17) is 13.9 Å². The molecule has 3 rings (SSSR count). The number of methoxy groups -OCH3 is 1. The third kappa shape index (κ3) is 4.39. The van der Waals surface area contributed by atoms with E-state index in [9.17, 15) is 4.79 Å². The largest absolute Gasteiger partial charge is 0.493 e. The van der Waals surface area contributed by atoms with Gasteiger partial charge in [-0.3, -0.25) is 4.79 Å². The summed E-state index contributed by atoms with van der Waals surface area (Å²) in [5.41, 5.74) is 1.46. The van der Waals surface area contributed by atoms with Crippen molar-refractivity contribution in [3.05, 3.63) is 64.0 Å². The third-order valence-electron chi connectivity index (χ3n) is 3.46. The summed E-state index contributed by atoms with van der Waals surface area (Å²) in [6.45, 7) is 2.59. The van der Waals surface area contributed by atoms with Crippen molar-refractivity contribution in [2.24, 2.45) is 0 Å². The number of carbonyl (C=O) groups excluding carboxylic acids is 1. The average molecular weight is 358 g/mol. The Morgan fingerprint density at radius 2 is 2.20 bits per heavy atom. The molecule has 25 heavy (non-hydrogen) atoms. The lowest BCUT2D eigenvalue weighted by Gasteiger charge is -2.10. The number of thiazole rings is 1. The van der Waals surface area contributed by atoms with Crippen molar-refractivity contribution >= 4 is 17.2 Å². The van der Waals surface area contributed by atoms with Gasteiger partial charge in [0.05, 0.1) is 19.9 Å². The van der Waals surface area contributed by atoms with Crippen LogP contribution in [0.15, 0.2) is 46.4 Å². The van der Waals surface area contributed by atoms with Gasteiger partial charge in [0.2, 0.25) is 0 Å². The number of hydrogen-bond donors (Lipinski definition) is 1. The summed E-state index contributed by atoms with van der Waals surface area (Å²) in [5.74, 6) is 1.77. The number of nitrogens with zero attached hydrogens (tertiary/aromatic N) is 1. The summed E-state index contributed by atoms with van der Waals surface area (Å²) in [5, 5.41) is 5.19. The Bertz CT molecular complexity index is 843. The number of aromatic nitrogens is 1. The lowest BCUT2D eigenvalue weighted by atomic mass is 10.2. The molecule has 0 saturated heterocycles. The number of ether oxygens (including phenoxy) is 2. The third-order valence-corrected chi connectivity index (χ3v) is 4.28. The van der Waals surface area contributed by atoms with E-state index in [0.717, 1.165) is 5.56 Å². The fourth-order valence-electron chi connectivity index (χ4n) is 2.19. The minimum Gasteiger partial charge on any atom is -0.493 e. The van der Waals surface area contributed by atoms with Crippen LogP contribution in [0.3, 0.4) is 0 Å². The van der Waals surface area contributed by atoms with Crippen LogP contribution < -0.4 is 14.8 Å². The zero-order valence-corrected chi connectivity index (χ0v) is 14.8. The maximum Gasteiger partial charge on any atom is 0.271 e. The molecule has 1 N–H and O–H groups in total. The molecule has 0 atom stereocenters. The lowest BCUT2D eigenvalue weighted by Crippen LogP contribution is -2.22. The van der Waals surface area contributed by atoms with Crippen LogP contribution in [0.1, 0.15) is 26.8 Å². The van der Waals surface area contributed by atoms with E-state index < -0.39 is 0 Å². The maximum atomic E-state index is 12.1. The van der Waals surface area contributed by atoms with Gasteiger partial charge in [-0.25, -0.2) is 4.98 Å². The predicted molar refractivity (Wildman–Crippen MR) is 94.1 cm³/mol. The number of carbonyl (C=O) groups is 1. The Morgan fingerprint density at radius 1 is 1.32 bits per heavy atom. The number of hydrogen-bond acceptors (Lipinski definition) is 6.